The molecule has 2 aromatic carbocycles. The number of nitrogens with zero attached hydrogens (tertiary/aromatic N) is 6. The summed E-state index contributed by atoms with van der Waals surface area (Å²) in [6.07, 6.45) is 1.32. The molecule has 6 rings (SSSR count). The number of carbonyl (C=O) groups is 6. The van der Waals surface area contributed by atoms with Crippen LogP contribution in [0.5, 0.6) is 0 Å². The standard InChI is InChI=1S/2C19H19N7O6.2Na/c2*20-19-25-15-14(17(30)26-19)23-11(8-22-15)7-21-10-3-1-9(2-4-10)16(29)24-12(18(31)32)5-6-13(27)28;;/h2*1-4,8,12,21H,5-7H2,(H,24,29)(H,27,28)(H,31,32)(H3,20,22,25,26,30);;/q;;2*+1/p-2. The first kappa shape index (κ1) is 53.2. The Balaban J connectivity index is 0.000000340. The van der Waals surface area contributed by atoms with E-state index in [1.165, 1.54) is 36.7 Å². The van der Waals surface area contributed by atoms with E-state index < -0.39 is 71.7 Å². The van der Waals surface area contributed by atoms with Gasteiger partial charge >= 0.3 is 71.1 Å². The van der Waals surface area contributed by atoms with Crippen LogP contribution in [0.2, 0.25) is 0 Å². The number of rotatable bonds is 18. The molecule has 0 bridgehead atoms. The first-order chi connectivity index (χ1) is 30.4. The Morgan fingerprint density at radius 2 is 0.939 bits per heavy atom. The molecule has 2 amide bonds. The van der Waals surface area contributed by atoms with Crippen LogP contribution in [0.1, 0.15) is 57.8 Å². The minimum Gasteiger partial charge on any atom is -0.550 e. The number of aliphatic carboxylic acids is 4. The van der Waals surface area contributed by atoms with Crippen molar-refractivity contribution in [2.45, 2.75) is 50.9 Å². The Morgan fingerprint density at radius 1 is 0.591 bits per heavy atom. The molecule has 28 heteroatoms. The molecule has 0 radical (unpaired) electrons. The van der Waals surface area contributed by atoms with E-state index in [1.807, 2.05) is 0 Å². The van der Waals surface area contributed by atoms with Crippen molar-refractivity contribution in [2.24, 2.45) is 0 Å². The summed E-state index contributed by atoms with van der Waals surface area (Å²) in [5.74, 6) is -6.91. The van der Waals surface area contributed by atoms with Crippen molar-refractivity contribution < 1.29 is 108 Å². The molecule has 0 spiro atoms. The summed E-state index contributed by atoms with van der Waals surface area (Å²) in [6.45, 7) is 0.450. The zero-order chi connectivity index (χ0) is 46.5. The summed E-state index contributed by atoms with van der Waals surface area (Å²) in [5, 5.41) is 49.9. The quantitative estimate of drug-likeness (QED) is 0.0358. The molecular formula is C38H36N14Na2O12. The first-order valence-electron chi connectivity index (χ1n) is 18.6. The van der Waals surface area contributed by atoms with Gasteiger partial charge in [0.1, 0.15) is 12.1 Å². The second kappa shape index (κ2) is 24.8. The molecule has 66 heavy (non-hydrogen) atoms. The number of nitrogens with two attached hydrogens (primary N) is 2. The number of nitrogens with one attached hydrogen (secondary N) is 6. The molecule has 12 N–H and O–H groups in total. The fourth-order valence-corrected chi connectivity index (χ4v) is 5.50. The molecule has 0 saturated carbocycles. The van der Waals surface area contributed by atoms with E-state index in [0.717, 1.165) is 0 Å². The fourth-order valence-electron chi connectivity index (χ4n) is 5.50. The molecule has 0 aliphatic rings. The van der Waals surface area contributed by atoms with Crippen LogP contribution in [0.15, 0.2) is 70.5 Å². The van der Waals surface area contributed by atoms with E-state index in [4.69, 9.17) is 21.7 Å². The number of carbonyl (C=O) groups excluding carboxylic acids is 4. The average molecular weight is 927 g/mol. The van der Waals surface area contributed by atoms with Crippen molar-refractivity contribution in [1.82, 2.24) is 50.5 Å². The fraction of sp³-hybridized carbons (Fsp3) is 0.211. The minimum atomic E-state index is -1.40. The topological polar surface area (TPSA) is 432 Å². The maximum atomic E-state index is 12.3. The number of carboxylic acid groups (broad SMARTS) is 4. The van der Waals surface area contributed by atoms with Crippen LogP contribution in [0, 0.1) is 0 Å². The molecule has 4 heterocycles. The van der Waals surface area contributed by atoms with E-state index in [9.17, 15) is 48.6 Å². The van der Waals surface area contributed by atoms with Crippen molar-refractivity contribution in [3.63, 3.8) is 0 Å². The van der Waals surface area contributed by atoms with Crippen LogP contribution in [-0.4, -0.2) is 97.9 Å². The van der Waals surface area contributed by atoms with Crippen molar-refractivity contribution in [3.05, 3.63) is 104 Å². The molecule has 0 saturated heterocycles. The second-order valence-corrected chi connectivity index (χ2v) is 13.4. The zero-order valence-electron chi connectivity index (χ0n) is 35.0. The molecule has 0 fully saturated rings. The molecule has 2 unspecified atom stereocenters. The number of hydrogen-bond donors (Lipinski definition) is 10. The van der Waals surface area contributed by atoms with Gasteiger partial charge in [0.25, 0.3) is 22.9 Å². The van der Waals surface area contributed by atoms with Crippen molar-refractivity contribution in [1.29, 1.82) is 0 Å². The molecule has 26 nitrogen and oxygen atoms in total. The van der Waals surface area contributed by atoms with Crippen LogP contribution >= 0.6 is 0 Å². The Bertz CT molecular complexity index is 2660. The Hall–Kier alpha value is -7.10. The van der Waals surface area contributed by atoms with Crippen LogP contribution in [0.25, 0.3) is 22.3 Å². The normalized spacial score (nSPS) is 11.3. The summed E-state index contributed by atoms with van der Waals surface area (Å²) in [5.41, 5.74) is 12.9. The molecule has 6 aromatic rings. The zero-order valence-corrected chi connectivity index (χ0v) is 39.0. The van der Waals surface area contributed by atoms with Gasteiger partial charge in [-0.2, -0.15) is 9.97 Å². The Labute approximate surface area is 414 Å². The summed E-state index contributed by atoms with van der Waals surface area (Å²) < 4.78 is 0. The van der Waals surface area contributed by atoms with Gasteiger partial charge in [0.05, 0.1) is 36.9 Å². The van der Waals surface area contributed by atoms with Gasteiger partial charge in [-0.25, -0.2) is 29.5 Å². The molecular weight excluding hydrogens is 890 g/mol. The van der Waals surface area contributed by atoms with Crippen LogP contribution < -0.4 is 113 Å². The van der Waals surface area contributed by atoms with Gasteiger partial charge in [0.15, 0.2) is 22.3 Å². The van der Waals surface area contributed by atoms with Crippen molar-refractivity contribution in [3.8, 4) is 0 Å². The second-order valence-electron chi connectivity index (χ2n) is 13.4. The SMILES string of the molecule is Nc1nc2ncc(CNc3ccc(C(=O)NC(CCC(=O)[O-])C(=O)O)cc3)nc2c(=O)[nH]1.Nc1nc2ncc(CNc3ccc(C(=O)NC(CCC(=O)[O-])C(=O)O)cc3)nc2c(=O)[nH]1.[Na+].[Na+]. The Morgan fingerprint density at radius 3 is 1.26 bits per heavy atom. The van der Waals surface area contributed by atoms with Gasteiger partial charge in [0.2, 0.25) is 11.9 Å². The van der Waals surface area contributed by atoms with Gasteiger partial charge in [-0.1, -0.05) is 0 Å². The Kier molecular flexibility index (Phi) is 20.0. The van der Waals surface area contributed by atoms with Crippen molar-refractivity contribution in [2.75, 3.05) is 22.1 Å². The summed E-state index contributed by atoms with van der Waals surface area (Å²) in [6, 6.07) is 9.56. The summed E-state index contributed by atoms with van der Waals surface area (Å²) >= 11 is 0. The number of hydrogen-bond acceptors (Lipinski definition) is 20. The third-order valence-electron chi connectivity index (χ3n) is 8.69. The number of fused-ring (bicyclic) bond motifs is 2. The number of aromatic amines is 2. The molecule has 2 atom stereocenters. The van der Waals surface area contributed by atoms with E-state index in [0.29, 0.717) is 22.8 Å². The number of amides is 2. The van der Waals surface area contributed by atoms with E-state index in [2.05, 4.69) is 61.1 Å². The van der Waals surface area contributed by atoms with Crippen LogP contribution in [-0.2, 0) is 32.3 Å². The predicted octanol–water partition coefficient (Wildman–Crippen LogP) is -8.75. The first-order valence-corrected chi connectivity index (χ1v) is 18.6. The summed E-state index contributed by atoms with van der Waals surface area (Å²) in [4.78, 5) is 121. The van der Waals surface area contributed by atoms with Crippen molar-refractivity contribution >= 4 is 81.3 Å². The van der Waals surface area contributed by atoms with Gasteiger partial charge in [-0.15, -0.1) is 0 Å². The third kappa shape index (κ3) is 15.6. The number of anilines is 4. The van der Waals surface area contributed by atoms with Crippen LogP contribution in [0.4, 0.5) is 23.3 Å². The number of benzene rings is 2. The predicted molar refractivity (Wildman–Crippen MR) is 219 cm³/mol. The molecule has 0 aliphatic carbocycles. The third-order valence-corrected chi connectivity index (χ3v) is 8.69. The van der Waals surface area contributed by atoms with Gasteiger partial charge in [-0.3, -0.25) is 29.1 Å². The van der Waals surface area contributed by atoms with E-state index in [-0.39, 0.29) is 130 Å². The smallest absolute Gasteiger partial charge is 0.550 e. The summed E-state index contributed by atoms with van der Waals surface area (Å²) in [7, 11) is 0. The molecule has 4 aromatic heterocycles. The molecule has 332 valence electrons. The average Bonchev–Trinajstić information content (AvgIpc) is 3.25. The molecule has 0 aliphatic heterocycles. The minimum absolute atomic E-state index is 0. The maximum Gasteiger partial charge on any atom is 1.00 e. The van der Waals surface area contributed by atoms with E-state index in [1.54, 1.807) is 24.3 Å². The van der Waals surface area contributed by atoms with Gasteiger partial charge in [0, 0.05) is 34.4 Å². The van der Waals surface area contributed by atoms with Gasteiger partial charge in [-0.05, 0) is 74.2 Å². The largest absolute Gasteiger partial charge is 1.00 e. The number of nitrogen functional groups attached to an aromatic ring is 2. The monoisotopic (exact) mass is 926 g/mol. The van der Waals surface area contributed by atoms with Crippen LogP contribution in [0.3, 0.4) is 0 Å². The number of H-pyrrole nitrogens is 2. The van der Waals surface area contributed by atoms with Gasteiger partial charge < -0.3 is 62.7 Å². The van der Waals surface area contributed by atoms with E-state index >= 15 is 0 Å². The number of aromatic nitrogens is 8. The maximum absolute atomic E-state index is 12.3. The number of carboxylic acids is 4.